The van der Waals surface area contributed by atoms with Crippen molar-refractivity contribution in [3.63, 3.8) is 0 Å². The van der Waals surface area contributed by atoms with Gasteiger partial charge in [0, 0.05) is 5.69 Å². The highest BCUT2D eigenvalue weighted by Gasteiger charge is 2.28. The van der Waals surface area contributed by atoms with Gasteiger partial charge in [-0.1, -0.05) is 35.9 Å². The summed E-state index contributed by atoms with van der Waals surface area (Å²) in [7, 11) is -4.19. The molecule has 0 bridgehead atoms. The second-order valence-corrected chi connectivity index (χ2v) is 9.44. The molecule has 0 radical (unpaired) electrons. The van der Waals surface area contributed by atoms with Gasteiger partial charge < -0.3 is 10.1 Å². The second-order valence-electron chi connectivity index (χ2n) is 7.17. The molecule has 0 aromatic heterocycles. The first kappa shape index (κ1) is 25.2. The summed E-state index contributed by atoms with van der Waals surface area (Å²) in [5, 5.41) is 2.35. The molecule has 178 valence electrons. The fraction of sp³-hybridized carbons (Fsp3) is 0.167. The van der Waals surface area contributed by atoms with Crippen LogP contribution in [0.2, 0.25) is 5.02 Å². The Labute approximate surface area is 202 Å². The third-order valence-electron chi connectivity index (χ3n) is 4.91. The molecule has 0 atom stereocenters. The lowest BCUT2D eigenvalue weighted by Crippen LogP contribution is -2.38. The van der Waals surface area contributed by atoms with E-state index in [2.05, 4.69) is 5.32 Å². The number of carbonyl (C=O) groups excluding carboxylic acids is 2. The molecular formula is C24H22ClFN2O5S. The Kier molecular flexibility index (Phi) is 7.90. The summed E-state index contributed by atoms with van der Waals surface area (Å²) in [5.41, 5.74) is 1.09. The van der Waals surface area contributed by atoms with Gasteiger partial charge in [0.25, 0.3) is 10.0 Å². The lowest BCUT2D eigenvalue weighted by Gasteiger charge is -2.24. The summed E-state index contributed by atoms with van der Waals surface area (Å²) in [5.74, 6) is -1.94. The van der Waals surface area contributed by atoms with Gasteiger partial charge in [0.15, 0.2) is 0 Å². The van der Waals surface area contributed by atoms with Gasteiger partial charge in [-0.2, -0.15) is 0 Å². The standard InChI is InChI=1S/C24H22ClFN2O5S/c1-3-33-24(30)19-10-7-11-22(16(19)2)27-23(29)15-28(17-12-13-21(26)20(25)14-17)34(31,32)18-8-5-4-6-9-18/h4-14H,3,15H2,1-2H3,(H,27,29). The van der Waals surface area contributed by atoms with Crippen molar-refractivity contribution in [1.29, 1.82) is 0 Å². The molecule has 0 aliphatic rings. The highest BCUT2D eigenvalue weighted by Crippen LogP contribution is 2.28. The fourth-order valence-electron chi connectivity index (χ4n) is 3.20. The molecule has 0 unspecified atom stereocenters. The molecule has 0 fully saturated rings. The van der Waals surface area contributed by atoms with E-state index < -0.39 is 34.3 Å². The van der Waals surface area contributed by atoms with E-state index in [1.165, 1.54) is 18.2 Å². The zero-order valence-corrected chi connectivity index (χ0v) is 20.0. The molecule has 0 aliphatic carbocycles. The third-order valence-corrected chi connectivity index (χ3v) is 6.99. The van der Waals surface area contributed by atoms with Crippen molar-refractivity contribution in [1.82, 2.24) is 0 Å². The molecule has 0 saturated heterocycles. The zero-order chi connectivity index (χ0) is 24.9. The van der Waals surface area contributed by atoms with Gasteiger partial charge in [-0.15, -0.1) is 0 Å². The lowest BCUT2D eigenvalue weighted by molar-refractivity contribution is -0.114. The minimum absolute atomic E-state index is 0.0161. The van der Waals surface area contributed by atoms with E-state index in [1.54, 1.807) is 50.2 Å². The van der Waals surface area contributed by atoms with Crippen LogP contribution < -0.4 is 9.62 Å². The quantitative estimate of drug-likeness (QED) is 0.445. The topological polar surface area (TPSA) is 92.8 Å². The maximum atomic E-state index is 13.7. The summed E-state index contributed by atoms with van der Waals surface area (Å²) in [6.07, 6.45) is 0. The van der Waals surface area contributed by atoms with Crippen LogP contribution in [0.5, 0.6) is 0 Å². The lowest BCUT2D eigenvalue weighted by atomic mass is 10.1. The van der Waals surface area contributed by atoms with Crippen molar-refractivity contribution in [3.8, 4) is 0 Å². The van der Waals surface area contributed by atoms with Gasteiger partial charge in [-0.25, -0.2) is 17.6 Å². The maximum Gasteiger partial charge on any atom is 0.338 e. The number of halogens is 2. The molecule has 1 amide bonds. The Morgan fingerprint density at radius 1 is 1.06 bits per heavy atom. The molecule has 7 nitrogen and oxygen atoms in total. The summed E-state index contributed by atoms with van der Waals surface area (Å²) in [6, 6.07) is 15.6. The number of nitrogens with zero attached hydrogens (tertiary/aromatic N) is 1. The number of esters is 1. The molecule has 0 saturated carbocycles. The Balaban J connectivity index is 1.95. The molecule has 0 heterocycles. The van der Waals surface area contributed by atoms with E-state index in [-0.39, 0.29) is 27.8 Å². The zero-order valence-electron chi connectivity index (χ0n) is 18.4. The second kappa shape index (κ2) is 10.7. The molecule has 1 N–H and O–H groups in total. The summed E-state index contributed by atoms with van der Waals surface area (Å²) >= 11 is 5.87. The van der Waals surface area contributed by atoms with Crippen LogP contribution in [-0.4, -0.2) is 33.4 Å². The Morgan fingerprint density at radius 3 is 2.41 bits per heavy atom. The number of rotatable bonds is 8. The van der Waals surface area contributed by atoms with Crippen LogP contribution in [-0.2, 0) is 19.6 Å². The van der Waals surface area contributed by atoms with E-state index in [0.29, 0.717) is 11.3 Å². The van der Waals surface area contributed by atoms with Gasteiger partial charge in [-0.3, -0.25) is 9.10 Å². The molecule has 10 heteroatoms. The Bertz CT molecular complexity index is 1320. The third kappa shape index (κ3) is 5.55. The largest absolute Gasteiger partial charge is 0.462 e. The van der Waals surface area contributed by atoms with Crippen LogP contribution in [0.4, 0.5) is 15.8 Å². The van der Waals surface area contributed by atoms with E-state index in [4.69, 9.17) is 16.3 Å². The number of benzene rings is 3. The van der Waals surface area contributed by atoms with Crippen molar-refractivity contribution >= 4 is 44.9 Å². The van der Waals surface area contributed by atoms with Gasteiger partial charge >= 0.3 is 5.97 Å². The van der Waals surface area contributed by atoms with Crippen LogP contribution in [0, 0.1) is 12.7 Å². The number of ether oxygens (including phenoxy) is 1. The van der Waals surface area contributed by atoms with Crippen molar-refractivity contribution in [2.45, 2.75) is 18.7 Å². The number of hydrogen-bond acceptors (Lipinski definition) is 5. The minimum Gasteiger partial charge on any atom is -0.462 e. The SMILES string of the molecule is CCOC(=O)c1cccc(NC(=O)CN(c2ccc(F)c(Cl)c2)S(=O)(=O)c2ccccc2)c1C. The van der Waals surface area contributed by atoms with Crippen molar-refractivity contribution in [2.24, 2.45) is 0 Å². The van der Waals surface area contributed by atoms with Crippen LogP contribution in [0.3, 0.4) is 0 Å². The van der Waals surface area contributed by atoms with Gasteiger partial charge in [0.05, 0.1) is 27.8 Å². The number of amides is 1. The monoisotopic (exact) mass is 504 g/mol. The first-order valence-corrected chi connectivity index (χ1v) is 12.1. The Morgan fingerprint density at radius 2 is 1.76 bits per heavy atom. The number of hydrogen-bond donors (Lipinski definition) is 1. The Hall–Kier alpha value is -3.43. The first-order valence-electron chi connectivity index (χ1n) is 10.2. The van der Waals surface area contributed by atoms with E-state index in [9.17, 15) is 22.4 Å². The van der Waals surface area contributed by atoms with Crippen LogP contribution in [0.15, 0.2) is 71.6 Å². The van der Waals surface area contributed by atoms with Crippen LogP contribution in [0.25, 0.3) is 0 Å². The molecule has 3 aromatic rings. The predicted molar refractivity (Wildman–Crippen MR) is 128 cm³/mol. The molecule has 0 spiro atoms. The average molecular weight is 505 g/mol. The minimum atomic E-state index is -4.19. The number of anilines is 2. The smallest absolute Gasteiger partial charge is 0.338 e. The molecule has 3 aromatic carbocycles. The van der Waals surface area contributed by atoms with Gasteiger partial charge in [-0.05, 0) is 61.9 Å². The summed E-state index contributed by atoms with van der Waals surface area (Å²) in [4.78, 5) is 25.0. The van der Waals surface area contributed by atoms with E-state index in [0.717, 1.165) is 16.4 Å². The summed E-state index contributed by atoms with van der Waals surface area (Å²) < 4.78 is 46.3. The fourth-order valence-corrected chi connectivity index (χ4v) is 4.80. The van der Waals surface area contributed by atoms with E-state index in [1.807, 2.05) is 0 Å². The number of nitrogens with one attached hydrogen (secondary N) is 1. The van der Waals surface area contributed by atoms with Crippen molar-refractivity contribution in [2.75, 3.05) is 22.8 Å². The first-order chi connectivity index (χ1) is 16.1. The average Bonchev–Trinajstić information content (AvgIpc) is 2.81. The highest BCUT2D eigenvalue weighted by atomic mass is 35.5. The normalized spacial score (nSPS) is 11.1. The molecule has 34 heavy (non-hydrogen) atoms. The molecule has 0 aliphatic heterocycles. The van der Waals surface area contributed by atoms with Crippen LogP contribution in [0.1, 0.15) is 22.8 Å². The van der Waals surface area contributed by atoms with Crippen molar-refractivity contribution in [3.05, 3.63) is 88.7 Å². The summed E-state index contributed by atoms with van der Waals surface area (Å²) in [6.45, 7) is 2.89. The van der Waals surface area contributed by atoms with Crippen LogP contribution >= 0.6 is 11.6 Å². The van der Waals surface area contributed by atoms with Gasteiger partial charge in [0.1, 0.15) is 12.4 Å². The molecule has 3 rings (SSSR count). The number of sulfonamides is 1. The highest BCUT2D eigenvalue weighted by molar-refractivity contribution is 7.92. The molecular weight excluding hydrogens is 483 g/mol. The maximum absolute atomic E-state index is 13.7. The van der Waals surface area contributed by atoms with Crippen molar-refractivity contribution < 1.29 is 27.1 Å². The van der Waals surface area contributed by atoms with E-state index >= 15 is 0 Å². The predicted octanol–water partition coefficient (Wildman–Crippen LogP) is 4.80. The van der Waals surface area contributed by atoms with Gasteiger partial charge in [0.2, 0.25) is 5.91 Å². The number of carbonyl (C=O) groups is 2.